The summed E-state index contributed by atoms with van der Waals surface area (Å²) in [7, 11) is 0. The summed E-state index contributed by atoms with van der Waals surface area (Å²) in [6, 6.07) is 5.13. The van der Waals surface area contributed by atoms with E-state index in [1.165, 1.54) is 0 Å². The molecule has 0 saturated heterocycles. The summed E-state index contributed by atoms with van der Waals surface area (Å²) in [4.78, 5) is 4.03. The first kappa shape index (κ1) is 11.1. The van der Waals surface area contributed by atoms with E-state index in [0.29, 0.717) is 27.4 Å². The fourth-order valence-electron chi connectivity index (χ4n) is 1.27. The van der Waals surface area contributed by atoms with E-state index in [1.54, 1.807) is 25.1 Å². The summed E-state index contributed by atoms with van der Waals surface area (Å²) in [6.45, 7) is 1.72. The molecule has 2 rings (SSSR count). The van der Waals surface area contributed by atoms with Crippen molar-refractivity contribution in [1.82, 2.24) is 15.2 Å². The Hall–Kier alpha value is -1.39. The van der Waals surface area contributed by atoms with Crippen LogP contribution in [0.3, 0.4) is 0 Å². The van der Waals surface area contributed by atoms with Crippen molar-refractivity contribution in [3.8, 4) is 11.3 Å². The Balaban J connectivity index is 2.54. The molecule has 1 aromatic heterocycles. The molecule has 4 nitrogen and oxygen atoms in total. The molecule has 0 bridgehead atoms. The number of hydrogen-bond donors (Lipinski definition) is 1. The maximum atomic E-state index is 5.91. The zero-order chi connectivity index (χ0) is 11.7. The molecule has 16 heavy (non-hydrogen) atoms. The second-order valence-corrected chi connectivity index (χ2v) is 4.04. The Morgan fingerprint density at radius 2 is 1.88 bits per heavy atom. The summed E-state index contributed by atoms with van der Waals surface area (Å²) in [6.07, 6.45) is 0. The average Bonchev–Trinajstić information content (AvgIpc) is 2.22. The predicted octanol–water partition coefficient (Wildman–Crippen LogP) is 2.74. The second-order valence-electron chi connectivity index (χ2n) is 3.22. The minimum Gasteiger partial charge on any atom is -0.382 e. The van der Waals surface area contributed by atoms with Gasteiger partial charge < -0.3 is 5.73 Å². The fraction of sp³-hybridized carbons (Fsp3) is 0.100. The summed E-state index contributed by atoms with van der Waals surface area (Å²) >= 11 is 11.7. The molecule has 2 N–H and O–H groups in total. The van der Waals surface area contributed by atoms with Gasteiger partial charge in [0.1, 0.15) is 11.5 Å². The van der Waals surface area contributed by atoms with Crippen molar-refractivity contribution >= 4 is 29.0 Å². The number of anilines is 1. The Morgan fingerprint density at radius 3 is 2.50 bits per heavy atom. The van der Waals surface area contributed by atoms with E-state index < -0.39 is 0 Å². The van der Waals surface area contributed by atoms with Crippen molar-refractivity contribution in [3.05, 3.63) is 34.1 Å². The van der Waals surface area contributed by atoms with E-state index in [-0.39, 0.29) is 0 Å². The molecule has 0 aliphatic carbocycles. The maximum Gasteiger partial charge on any atom is 0.154 e. The van der Waals surface area contributed by atoms with Crippen molar-refractivity contribution in [2.75, 3.05) is 5.73 Å². The minimum absolute atomic E-state index is 0.325. The molecule has 0 spiro atoms. The van der Waals surface area contributed by atoms with Crippen molar-refractivity contribution < 1.29 is 0 Å². The molecule has 82 valence electrons. The van der Waals surface area contributed by atoms with E-state index >= 15 is 0 Å². The number of halogens is 2. The van der Waals surface area contributed by atoms with Crippen LogP contribution in [0.4, 0.5) is 5.82 Å². The number of aromatic nitrogens is 3. The predicted molar refractivity (Wildman–Crippen MR) is 64.4 cm³/mol. The smallest absolute Gasteiger partial charge is 0.154 e. The van der Waals surface area contributed by atoms with Gasteiger partial charge in [-0.05, 0) is 19.1 Å². The maximum absolute atomic E-state index is 5.91. The molecule has 6 heteroatoms. The van der Waals surface area contributed by atoms with Gasteiger partial charge in [0, 0.05) is 5.56 Å². The minimum atomic E-state index is 0.325. The van der Waals surface area contributed by atoms with Gasteiger partial charge in [-0.3, -0.25) is 0 Å². The third-order valence-electron chi connectivity index (χ3n) is 2.01. The molecule has 1 heterocycles. The summed E-state index contributed by atoms with van der Waals surface area (Å²) in [5, 5.41) is 8.76. The number of nitrogens with zero attached hydrogens (tertiary/aromatic N) is 3. The highest BCUT2D eigenvalue weighted by atomic mass is 35.5. The van der Waals surface area contributed by atoms with Gasteiger partial charge in [-0.1, -0.05) is 29.3 Å². The molecule has 0 fully saturated rings. The fourth-order valence-corrected chi connectivity index (χ4v) is 1.57. The number of benzene rings is 1. The lowest BCUT2D eigenvalue weighted by atomic mass is 10.1. The van der Waals surface area contributed by atoms with Crippen LogP contribution in [0.5, 0.6) is 0 Å². The zero-order valence-electron chi connectivity index (χ0n) is 8.41. The van der Waals surface area contributed by atoms with Crippen LogP contribution in [0.15, 0.2) is 18.2 Å². The average molecular weight is 255 g/mol. The van der Waals surface area contributed by atoms with Gasteiger partial charge in [0.2, 0.25) is 0 Å². The number of aryl methyl sites for hydroxylation is 1. The highest BCUT2D eigenvalue weighted by Gasteiger charge is 2.08. The van der Waals surface area contributed by atoms with Crippen molar-refractivity contribution in [2.45, 2.75) is 6.92 Å². The van der Waals surface area contributed by atoms with E-state index in [9.17, 15) is 0 Å². The Bertz CT molecular complexity index is 542. The monoisotopic (exact) mass is 254 g/mol. The van der Waals surface area contributed by atoms with Crippen LogP contribution in [0.25, 0.3) is 11.3 Å². The third-order valence-corrected chi connectivity index (χ3v) is 2.75. The molecular formula is C10H8Cl2N4. The standard InChI is InChI=1S/C10H8Cl2N4/c1-5-14-10(13)9(16-15-5)6-2-3-7(11)8(12)4-6/h2-4H,1H3,(H2,13,14,15). The van der Waals surface area contributed by atoms with Crippen LogP contribution in [-0.4, -0.2) is 15.2 Å². The molecule has 0 amide bonds. The topological polar surface area (TPSA) is 64.7 Å². The van der Waals surface area contributed by atoms with Crippen molar-refractivity contribution in [1.29, 1.82) is 0 Å². The van der Waals surface area contributed by atoms with Crippen LogP contribution in [-0.2, 0) is 0 Å². The molecule has 0 unspecified atom stereocenters. The van der Waals surface area contributed by atoms with Gasteiger partial charge in [-0.15, -0.1) is 10.2 Å². The second kappa shape index (κ2) is 4.23. The number of hydrogen-bond acceptors (Lipinski definition) is 4. The molecule has 0 aliphatic rings. The Morgan fingerprint density at radius 1 is 1.12 bits per heavy atom. The highest BCUT2D eigenvalue weighted by molar-refractivity contribution is 6.42. The van der Waals surface area contributed by atoms with Crippen LogP contribution >= 0.6 is 23.2 Å². The van der Waals surface area contributed by atoms with E-state index in [2.05, 4.69) is 15.2 Å². The van der Waals surface area contributed by atoms with Gasteiger partial charge in [0.25, 0.3) is 0 Å². The molecule has 0 radical (unpaired) electrons. The molecule has 0 saturated carbocycles. The molecule has 0 aliphatic heterocycles. The Labute approximate surface area is 102 Å². The number of nitrogen functional groups attached to an aromatic ring is 1. The molecule has 1 aromatic carbocycles. The van der Waals surface area contributed by atoms with E-state index in [1.807, 2.05) is 0 Å². The van der Waals surface area contributed by atoms with Gasteiger partial charge in [-0.25, -0.2) is 4.98 Å². The van der Waals surface area contributed by atoms with Crippen LogP contribution in [0, 0.1) is 6.92 Å². The first-order valence-corrected chi connectivity index (χ1v) is 5.26. The van der Waals surface area contributed by atoms with Crippen LogP contribution < -0.4 is 5.73 Å². The van der Waals surface area contributed by atoms with Gasteiger partial charge in [0.05, 0.1) is 10.0 Å². The van der Waals surface area contributed by atoms with Crippen LogP contribution in [0.2, 0.25) is 10.0 Å². The van der Waals surface area contributed by atoms with Gasteiger partial charge in [-0.2, -0.15) is 0 Å². The van der Waals surface area contributed by atoms with E-state index in [0.717, 1.165) is 5.56 Å². The summed E-state index contributed by atoms with van der Waals surface area (Å²) < 4.78 is 0. The molecule has 2 aromatic rings. The molecule has 0 atom stereocenters. The van der Waals surface area contributed by atoms with Crippen molar-refractivity contribution in [2.24, 2.45) is 0 Å². The first-order chi connectivity index (χ1) is 7.58. The first-order valence-electron chi connectivity index (χ1n) is 4.50. The third kappa shape index (κ3) is 2.08. The van der Waals surface area contributed by atoms with Crippen molar-refractivity contribution in [3.63, 3.8) is 0 Å². The largest absolute Gasteiger partial charge is 0.382 e. The number of rotatable bonds is 1. The van der Waals surface area contributed by atoms with Gasteiger partial charge >= 0.3 is 0 Å². The van der Waals surface area contributed by atoms with Crippen LogP contribution in [0.1, 0.15) is 5.82 Å². The lowest BCUT2D eigenvalue weighted by Crippen LogP contribution is -2.01. The lowest BCUT2D eigenvalue weighted by Gasteiger charge is -2.04. The van der Waals surface area contributed by atoms with Gasteiger partial charge in [0.15, 0.2) is 5.82 Å². The molecular weight excluding hydrogens is 247 g/mol. The SMILES string of the molecule is Cc1nnc(-c2ccc(Cl)c(Cl)c2)c(N)n1. The Kier molecular flexibility index (Phi) is 2.94. The summed E-state index contributed by atoms with van der Waals surface area (Å²) in [5.74, 6) is 0.854. The summed E-state index contributed by atoms with van der Waals surface area (Å²) in [5.41, 5.74) is 7.00. The lowest BCUT2D eigenvalue weighted by molar-refractivity contribution is 0.920. The number of nitrogens with two attached hydrogens (primary N) is 1. The highest BCUT2D eigenvalue weighted by Crippen LogP contribution is 2.29. The normalized spacial score (nSPS) is 10.4. The quantitative estimate of drug-likeness (QED) is 0.850. The zero-order valence-corrected chi connectivity index (χ0v) is 9.92. The van der Waals surface area contributed by atoms with E-state index in [4.69, 9.17) is 28.9 Å².